The minimum atomic E-state index is -0.199. The van der Waals surface area contributed by atoms with Crippen molar-refractivity contribution in [2.24, 2.45) is 0 Å². The highest BCUT2D eigenvalue weighted by Gasteiger charge is 2.10. The molecule has 0 unspecified atom stereocenters. The summed E-state index contributed by atoms with van der Waals surface area (Å²) >= 11 is 3.35. The molecule has 0 radical (unpaired) electrons. The first kappa shape index (κ1) is 10.9. The molecule has 2 aromatic rings. The second kappa shape index (κ2) is 4.49. The van der Waals surface area contributed by atoms with Crippen molar-refractivity contribution in [1.82, 2.24) is 5.16 Å². The number of nitrogens with one attached hydrogen (secondary N) is 1. The molecule has 1 aromatic carbocycles. The second-order valence-corrected chi connectivity index (χ2v) is 4.20. The van der Waals surface area contributed by atoms with Crippen LogP contribution in [0.15, 0.2) is 39.7 Å². The predicted octanol–water partition coefficient (Wildman–Crippen LogP) is 3.00. The summed E-state index contributed by atoms with van der Waals surface area (Å²) in [6.45, 7) is 1.96. The molecule has 0 bridgehead atoms. The lowest BCUT2D eigenvalue weighted by Gasteiger charge is -2.04. The molecule has 1 heterocycles. The average Bonchev–Trinajstić information content (AvgIpc) is 2.70. The molecule has 82 valence electrons. The van der Waals surface area contributed by atoms with E-state index in [4.69, 9.17) is 0 Å². The lowest BCUT2D eigenvalue weighted by molar-refractivity contribution is 0.102. The van der Waals surface area contributed by atoms with Gasteiger partial charge in [0.15, 0.2) is 0 Å². The largest absolute Gasteiger partial charge is 0.363 e. The standard InChI is InChI=1S/C11H9BrN2O2/c1-7-2-3-9(10(12)4-7)11(15)14-8-5-13-16-6-8/h2-6H,1H3,(H,14,15). The molecule has 0 saturated heterocycles. The van der Waals surface area contributed by atoms with Crippen LogP contribution in [-0.4, -0.2) is 11.1 Å². The van der Waals surface area contributed by atoms with Crippen molar-refractivity contribution in [3.63, 3.8) is 0 Å². The number of hydrogen-bond donors (Lipinski definition) is 1. The van der Waals surface area contributed by atoms with Crippen LogP contribution in [-0.2, 0) is 0 Å². The topological polar surface area (TPSA) is 55.1 Å². The van der Waals surface area contributed by atoms with Gasteiger partial charge >= 0.3 is 0 Å². The number of rotatable bonds is 2. The zero-order chi connectivity index (χ0) is 11.5. The molecule has 0 fully saturated rings. The van der Waals surface area contributed by atoms with Gasteiger partial charge in [0, 0.05) is 4.47 Å². The molecule has 0 aliphatic heterocycles. The van der Waals surface area contributed by atoms with Crippen molar-refractivity contribution in [3.8, 4) is 0 Å². The number of aryl methyl sites for hydroxylation is 1. The van der Waals surface area contributed by atoms with Crippen LogP contribution in [0.2, 0.25) is 0 Å². The summed E-state index contributed by atoms with van der Waals surface area (Å²) in [5.74, 6) is -0.199. The number of benzene rings is 1. The quantitative estimate of drug-likeness (QED) is 0.920. The molecule has 0 saturated carbocycles. The van der Waals surface area contributed by atoms with E-state index in [1.165, 1.54) is 12.5 Å². The number of carbonyl (C=O) groups excluding carboxylic acids is 1. The number of amides is 1. The lowest BCUT2D eigenvalue weighted by atomic mass is 10.1. The number of halogens is 1. The molecule has 1 N–H and O–H groups in total. The average molecular weight is 281 g/mol. The van der Waals surface area contributed by atoms with Crippen molar-refractivity contribution < 1.29 is 9.32 Å². The van der Waals surface area contributed by atoms with Gasteiger partial charge in [-0.05, 0) is 40.5 Å². The summed E-state index contributed by atoms with van der Waals surface area (Å²) in [7, 11) is 0. The van der Waals surface area contributed by atoms with Crippen LogP contribution in [0.3, 0.4) is 0 Å². The molecule has 4 nitrogen and oxygen atoms in total. The van der Waals surface area contributed by atoms with Gasteiger partial charge in [-0.25, -0.2) is 0 Å². The molecule has 0 aliphatic carbocycles. The van der Waals surface area contributed by atoms with Gasteiger partial charge in [-0.3, -0.25) is 4.79 Å². The van der Waals surface area contributed by atoms with Crippen LogP contribution < -0.4 is 5.32 Å². The van der Waals surface area contributed by atoms with Crippen LogP contribution in [0.4, 0.5) is 5.69 Å². The summed E-state index contributed by atoms with van der Waals surface area (Å²) in [5.41, 5.74) is 2.21. The van der Waals surface area contributed by atoms with Gasteiger partial charge in [-0.2, -0.15) is 0 Å². The van der Waals surface area contributed by atoms with E-state index in [1.807, 2.05) is 19.1 Å². The summed E-state index contributed by atoms with van der Waals surface area (Å²) in [5, 5.41) is 6.18. The highest BCUT2D eigenvalue weighted by molar-refractivity contribution is 9.10. The van der Waals surface area contributed by atoms with E-state index in [-0.39, 0.29) is 5.91 Å². The van der Waals surface area contributed by atoms with Gasteiger partial charge in [-0.1, -0.05) is 11.2 Å². The number of hydrogen-bond acceptors (Lipinski definition) is 3. The van der Waals surface area contributed by atoms with Crippen LogP contribution >= 0.6 is 15.9 Å². The fraction of sp³-hybridized carbons (Fsp3) is 0.0909. The molecule has 1 aromatic heterocycles. The maximum absolute atomic E-state index is 11.8. The van der Waals surface area contributed by atoms with Gasteiger partial charge in [0.25, 0.3) is 5.91 Å². The molecular weight excluding hydrogens is 272 g/mol. The Morgan fingerprint density at radius 1 is 1.50 bits per heavy atom. The van der Waals surface area contributed by atoms with Crippen molar-refractivity contribution in [2.75, 3.05) is 5.32 Å². The third-order valence-corrected chi connectivity index (χ3v) is 2.72. The minimum absolute atomic E-state index is 0.199. The maximum atomic E-state index is 11.8. The molecule has 1 amide bonds. The third kappa shape index (κ3) is 2.30. The number of nitrogens with zero attached hydrogens (tertiary/aromatic N) is 1. The van der Waals surface area contributed by atoms with Crippen molar-refractivity contribution in [1.29, 1.82) is 0 Å². The first-order chi connectivity index (χ1) is 7.66. The molecule has 16 heavy (non-hydrogen) atoms. The van der Waals surface area contributed by atoms with Gasteiger partial charge in [-0.15, -0.1) is 0 Å². The Morgan fingerprint density at radius 2 is 2.31 bits per heavy atom. The third-order valence-electron chi connectivity index (χ3n) is 2.06. The Hall–Kier alpha value is -1.62. The first-order valence-corrected chi connectivity index (χ1v) is 5.43. The maximum Gasteiger partial charge on any atom is 0.256 e. The van der Waals surface area contributed by atoms with Crippen LogP contribution in [0, 0.1) is 6.92 Å². The highest BCUT2D eigenvalue weighted by atomic mass is 79.9. The minimum Gasteiger partial charge on any atom is -0.363 e. The van der Waals surface area contributed by atoms with E-state index in [9.17, 15) is 4.79 Å². The van der Waals surface area contributed by atoms with Crippen LogP contribution in [0.5, 0.6) is 0 Å². The van der Waals surface area contributed by atoms with Gasteiger partial charge in [0.05, 0.1) is 11.8 Å². The Bertz CT molecular complexity index is 509. The van der Waals surface area contributed by atoms with E-state index in [1.54, 1.807) is 6.07 Å². The lowest BCUT2D eigenvalue weighted by Crippen LogP contribution is -2.12. The van der Waals surface area contributed by atoms with Gasteiger partial charge < -0.3 is 9.84 Å². The molecule has 0 aliphatic rings. The molecule has 2 rings (SSSR count). The number of aromatic nitrogens is 1. The Labute approximate surface area is 101 Å². The van der Waals surface area contributed by atoms with E-state index in [2.05, 4.69) is 30.9 Å². The summed E-state index contributed by atoms with van der Waals surface area (Å²) in [6.07, 6.45) is 2.82. The van der Waals surface area contributed by atoms with Crippen LogP contribution in [0.25, 0.3) is 0 Å². The molecule has 0 atom stereocenters. The molecule has 0 spiro atoms. The van der Waals surface area contributed by atoms with Crippen molar-refractivity contribution >= 4 is 27.5 Å². The zero-order valence-corrected chi connectivity index (χ0v) is 10.1. The van der Waals surface area contributed by atoms with E-state index >= 15 is 0 Å². The first-order valence-electron chi connectivity index (χ1n) is 4.63. The summed E-state index contributed by atoms with van der Waals surface area (Å²) in [6, 6.07) is 5.54. The van der Waals surface area contributed by atoms with Crippen molar-refractivity contribution in [2.45, 2.75) is 6.92 Å². The van der Waals surface area contributed by atoms with Crippen molar-refractivity contribution in [3.05, 3.63) is 46.3 Å². The summed E-state index contributed by atoms with van der Waals surface area (Å²) < 4.78 is 5.39. The summed E-state index contributed by atoms with van der Waals surface area (Å²) in [4.78, 5) is 11.8. The number of anilines is 1. The van der Waals surface area contributed by atoms with E-state index in [0.29, 0.717) is 11.3 Å². The van der Waals surface area contributed by atoms with E-state index < -0.39 is 0 Å². The SMILES string of the molecule is Cc1ccc(C(=O)Nc2cnoc2)c(Br)c1. The van der Waals surface area contributed by atoms with Crippen LogP contribution in [0.1, 0.15) is 15.9 Å². The normalized spacial score (nSPS) is 10.1. The monoisotopic (exact) mass is 280 g/mol. The van der Waals surface area contributed by atoms with Gasteiger partial charge in [0.1, 0.15) is 12.0 Å². The Kier molecular flexibility index (Phi) is 3.05. The highest BCUT2D eigenvalue weighted by Crippen LogP contribution is 2.19. The zero-order valence-electron chi connectivity index (χ0n) is 8.53. The predicted molar refractivity (Wildman–Crippen MR) is 63.3 cm³/mol. The fourth-order valence-electron chi connectivity index (χ4n) is 1.27. The second-order valence-electron chi connectivity index (χ2n) is 3.35. The fourth-order valence-corrected chi connectivity index (χ4v) is 1.94. The Balaban J connectivity index is 2.21. The molecular formula is C11H9BrN2O2. The molecule has 5 heteroatoms. The Morgan fingerprint density at radius 3 is 2.94 bits per heavy atom. The van der Waals surface area contributed by atoms with Gasteiger partial charge in [0.2, 0.25) is 0 Å². The smallest absolute Gasteiger partial charge is 0.256 e. The van der Waals surface area contributed by atoms with E-state index in [0.717, 1.165) is 10.0 Å². The number of carbonyl (C=O) groups is 1.